The Bertz CT molecular complexity index is 770. The molecule has 0 bridgehead atoms. The van der Waals surface area contributed by atoms with E-state index < -0.39 is 0 Å². The summed E-state index contributed by atoms with van der Waals surface area (Å²) in [4.78, 5) is 8.67. The molecule has 0 fully saturated rings. The van der Waals surface area contributed by atoms with Crippen LogP contribution in [0.15, 0.2) is 41.5 Å². The van der Waals surface area contributed by atoms with Crippen molar-refractivity contribution >= 4 is 29.9 Å². The van der Waals surface area contributed by atoms with Gasteiger partial charge in [-0.25, -0.2) is 9.38 Å². The predicted molar refractivity (Wildman–Crippen MR) is 123 cm³/mol. The number of ether oxygens (including phenoxy) is 1. The van der Waals surface area contributed by atoms with Crippen LogP contribution in [-0.2, 0) is 13.1 Å². The Balaban J connectivity index is 0.00000392. The van der Waals surface area contributed by atoms with Crippen LogP contribution in [0.1, 0.15) is 44.0 Å². The van der Waals surface area contributed by atoms with Gasteiger partial charge in [0.1, 0.15) is 11.6 Å². The average molecular weight is 500 g/mol. The van der Waals surface area contributed by atoms with Crippen LogP contribution >= 0.6 is 24.0 Å². The highest BCUT2D eigenvalue weighted by molar-refractivity contribution is 14.0. The number of pyridine rings is 1. The zero-order valence-corrected chi connectivity index (χ0v) is 19.3. The molecule has 1 unspecified atom stereocenters. The summed E-state index contributed by atoms with van der Waals surface area (Å²) >= 11 is 0. The predicted octanol–water partition coefficient (Wildman–Crippen LogP) is 4.58. The molecule has 2 N–H and O–H groups in total. The van der Waals surface area contributed by atoms with Crippen molar-refractivity contribution in [3.05, 3.63) is 59.2 Å². The summed E-state index contributed by atoms with van der Waals surface area (Å²) in [6.07, 6.45) is 2.67. The highest BCUT2D eigenvalue weighted by Crippen LogP contribution is 2.23. The zero-order chi connectivity index (χ0) is 19.6. The first-order chi connectivity index (χ1) is 13.0. The van der Waals surface area contributed by atoms with E-state index in [1.165, 1.54) is 6.07 Å². The minimum Gasteiger partial charge on any atom is -0.490 e. The molecule has 0 amide bonds. The molecule has 0 spiro atoms. The molecule has 2 aromatic rings. The fraction of sp³-hybridized carbons (Fsp3) is 0.429. The van der Waals surface area contributed by atoms with Gasteiger partial charge in [-0.05, 0) is 51.0 Å². The molecule has 0 radical (unpaired) electrons. The second-order valence-corrected chi connectivity index (χ2v) is 6.43. The van der Waals surface area contributed by atoms with Crippen LogP contribution in [0.3, 0.4) is 0 Å². The zero-order valence-electron chi connectivity index (χ0n) is 17.0. The molecule has 1 atom stereocenters. The van der Waals surface area contributed by atoms with E-state index in [1.807, 2.05) is 26.0 Å². The number of aliphatic imine (C=N–C) groups is 1. The van der Waals surface area contributed by atoms with Crippen molar-refractivity contribution in [3.63, 3.8) is 0 Å². The van der Waals surface area contributed by atoms with Crippen LogP contribution in [0.5, 0.6) is 5.75 Å². The number of guanidine groups is 1. The molecule has 1 aromatic carbocycles. The van der Waals surface area contributed by atoms with Crippen LogP contribution in [0.4, 0.5) is 4.39 Å². The molecule has 28 heavy (non-hydrogen) atoms. The average Bonchev–Trinajstić information content (AvgIpc) is 2.66. The lowest BCUT2D eigenvalue weighted by atomic mass is 10.1. The second-order valence-electron chi connectivity index (χ2n) is 6.43. The van der Waals surface area contributed by atoms with Gasteiger partial charge in [0.05, 0.1) is 24.9 Å². The van der Waals surface area contributed by atoms with Gasteiger partial charge in [-0.15, -0.1) is 24.0 Å². The van der Waals surface area contributed by atoms with Gasteiger partial charge in [0.15, 0.2) is 5.96 Å². The summed E-state index contributed by atoms with van der Waals surface area (Å²) < 4.78 is 19.8. The summed E-state index contributed by atoms with van der Waals surface area (Å²) in [5.41, 5.74) is 2.53. The van der Waals surface area contributed by atoms with E-state index in [1.54, 1.807) is 12.3 Å². The quantitative estimate of drug-likeness (QED) is 0.317. The fourth-order valence-electron chi connectivity index (χ4n) is 2.42. The first-order valence-electron chi connectivity index (χ1n) is 9.41. The lowest BCUT2D eigenvalue weighted by Gasteiger charge is -2.17. The molecule has 1 heterocycles. The standard InChI is InChI=1S/C21H29FN4O.HI/c1-5-16(4)27-20-12-15(3)9-10-17(20)13-25-21(23-6-2)26-14-19-18(22)8-7-11-24-19;/h7-12,16H,5-6,13-14H2,1-4H3,(H2,23,25,26);1H. The minimum atomic E-state index is -0.330. The summed E-state index contributed by atoms with van der Waals surface area (Å²) in [5, 5.41) is 6.30. The highest BCUT2D eigenvalue weighted by atomic mass is 127. The number of aromatic nitrogens is 1. The molecular formula is C21H30FIN4O. The van der Waals surface area contributed by atoms with Crippen molar-refractivity contribution in [3.8, 4) is 5.75 Å². The third kappa shape index (κ3) is 7.61. The normalized spacial score (nSPS) is 12.1. The van der Waals surface area contributed by atoms with Gasteiger partial charge >= 0.3 is 0 Å². The summed E-state index contributed by atoms with van der Waals surface area (Å²) in [6.45, 7) is 9.63. The maximum absolute atomic E-state index is 13.7. The topological polar surface area (TPSA) is 58.5 Å². The molecule has 0 saturated heterocycles. The van der Waals surface area contributed by atoms with E-state index in [0.29, 0.717) is 24.7 Å². The van der Waals surface area contributed by atoms with E-state index >= 15 is 0 Å². The molecule has 1 aromatic heterocycles. The lowest BCUT2D eigenvalue weighted by Crippen LogP contribution is -2.37. The second kappa shape index (κ2) is 12.5. The van der Waals surface area contributed by atoms with Crippen molar-refractivity contribution in [1.82, 2.24) is 15.6 Å². The monoisotopic (exact) mass is 500 g/mol. The Morgan fingerprint density at radius 3 is 2.71 bits per heavy atom. The number of hydrogen-bond acceptors (Lipinski definition) is 3. The summed E-state index contributed by atoms with van der Waals surface area (Å²) in [6, 6.07) is 9.12. The van der Waals surface area contributed by atoms with Crippen molar-refractivity contribution < 1.29 is 9.13 Å². The van der Waals surface area contributed by atoms with Gasteiger partial charge in [-0.1, -0.05) is 19.1 Å². The largest absolute Gasteiger partial charge is 0.490 e. The number of benzene rings is 1. The van der Waals surface area contributed by atoms with Crippen LogP contribution < -0.4 is 15.4 Å². The number of nitrogens with zero attached hydrogens (tertiary/aromatic N) is 2. The molecule has 0 aliphatic heterocycles. The van der Waals surface area contributed by atoms with E-state index in [-0.39, 0.29) is 42.4 Å². The van der Waals surface area contributed by atoms with E-state index in [2.05, 4.69) is 40.5 Å². The molecule has 7 heteroatoms. The van der Waals surface area contributed by atoms with Gasteiger partial charge < -0.3 is 15.4 Å². The number of halogens is 2. The molecule has 0 aliphatic carbocycles. The maximum Gasteiger partial charge on any atom is 0.191 e. The van der Waals surface area contributed by atoms with Gasteiger partial charge in [-0.3, -0.25) is 4.98 Å². The summed E-state index contributed by atoms with van der Waals surface area (Å²) in [7, 11) is 0. The van der Waals surface area contributed by atoms with Gasteiger partial charge in [-0.2, -0.15) is 0 Å². The number of rotatable bonds is 8. The first-order valence-corrected chi connectivity index (χ1v) is 9.41. The highest BCUT2D eigenvalue weighted by Gasteiger charge is 2.09. The first kappa shape index (κ1) is 24.1. The van der Waals surface area contributed by atoms with E-state index in [4.69, 9.17) is 4.74 Å². The number of hydrogen-bond donors (Lipinski definition) is 2. The Morgan fingerprint density at radius 2 is 2.04 bits per heavy atom. The Hall–Kier alpha value is -1.90. The van der Waals surface area contributed by atoms with Crippen LogP contribution in [0, 0.1) is 12.7 Å². The molecule has 2 rings (SSSR count). The number of nitrogens with one attached hydrogen (secondary N) is 2. The van der Waals surface area contributed by atoms with Crippen LogP contribution in [-0.4, -0.2) is 23.6 Å². The third-order valence-corrected chi connectivity index (χ3v) is 4.14. The van der Waals surface area contributed by atoms with Crippen LogP contribution in [0.2, 0.25) is 0 Å². The summed E-state index contributed by atoms with van der Waals surface area (Å²) in [5.74, 6) is 1.14. The van der Waals surface area contributed by atoms with Gasteiger partial charge in [0.25, 0.3) is 0 Å². The molecule has 0 saturated carbocycles. The SMILES string of the molecule is CCNC(=NCc1ccc(C)cc1OC(C)CC)NCc1ncccc1F.I. The Kier molecular flexibility index (Phi) is 10.8. The molecule has 5 nitrogen and oxygen atoms in total. The van der Waals surface area contributed by atoms with Crippen LogP contribution in [0.25, 0.3) is 0 Å². The molecular weight excluding hydrogens is 470 g/mol. The smallest absolute Gasteiger partial charge is 0.191 e. The number of aryl methyl sites for hydroxylation is 1. The lowest BCUT2D eigenvalue weighted by molar-refractivity contribution is 0.215. The maximum atomic E-state index is 13.7. The molecule has 154 valence electrons. The van der Waals surface area contributed by atoms with Gasteiger partial charge in [0.2, 0.25) is 0 Å². The minimum absolute atomic E-state index is 0. The van der Waals surface area contributed by atoms with E-state index in [9.17, 15) is 4.39 Å². The fourth-order valence-corrected chi connectivity index (χ4v) is 2.42. The van der Waals surface area contributed by atoms with Crippen molar-refractivity contribution in [1.29, 1.82) is 0 Å². The molecule has 0 aliphatic rings. The van der Waals surface area contributed by atoms with Crippen molar-refractivity contribution in [2.75, 3.05) is 6.54 Å². The Morgan fingerprint density at radius 1 is 1.25 bits per heavy atom. The van der Waals surface area contributed by atoms with E-state index in [0.717, 1.165) is 23.3 Å². The van der Waals surface area contributed by atoms with Crippen molar-refractivity contribution in [2.24, 2.45) is 4.99 Å². The Labute approximate surface area is 184 Å². The third-order valence-electron chi connectivity index (χ3n) is 4.14. The van der Waals surface area contributed by atoms with Crippen molar-refractivity contribution in [2.45, 2.75) is 53.3 Å². The van der Waals surface area contributed by atoms with Gasteiger partial charge in [0, 0.05) is 18.3 Å².